The molecular weight excluding hydrogens is 364 g/mol. The van der Waals surface area contributed by atoms with Crippen molar-refractivity contribution in [3.8, 4) is 0 Å². The summed E-state index contributed by atoms with van der Waals surface area (Å²) in [6.07, 6.45) is 4.72. The smallest absolute Gasteiger partial charge is 0.252 e. The van der Waals surface area contributed by atoms with Crippen LogP contribution >= 0.6 is 11.8 Å². The van der Waals surface area contributed by atoms with E-state index in [4.69, 9.17) is 4.98 Å². The lowest BCUT2D eigenvalue weighted by Crippen LogP contribution is -2.41. The SMILES string of the molecule is Cc1ccc(Sc2cc(C(=O)N[C@@H]3CCCC[C@H]3C)c3ccccc3n2)cc1. The minimum Gasteiger partial charge on any atom is -0.349 e. The molecule has 1 aromatic heterocycles. The second-order valence-corrected chi connectivity index (χ2v) is 8.88. The molecule has 28 heavy (non-hydrogen) atoms. The van der Waals surface area contributed by atoms with Crippen molar-refractivity contribution in [1.82, 2.24) is 10.3 Å². The number of amides is 1. The standard InChI is InChI=1S/C24H26N2OS/c1-16-11-13-18(14-12-16)28-23-15-20(19-8-4-6-10-22(19)25-23)24(27)26-21-9-5-3-7-17(21)2/h4,6,8,10-15,17,21H,3,5,7,9H2,1-2H3,(H,26,27)/t17-,21-/m1/s1. The molecular formula is C24H26N2OS. The molecule has 1 heterocycles. The Morgan fingerprint density at radius 3 is 2.61 bits per heavy atom. The van der Waals surface area contributed by atoms with Crippen molar-refractivity contribution in [2.24, 2.45) is 5.92 Å². The van der Waals surface area contributed by atoms with Crippen molar-refractivity contribution < 1.29 is 4.79 Å². The molecule has 1 amide bonds. The number of rotatable bonds is 4. The zero-order valence-corrected chi connectivity index (χ0v) is 17.3. The minimum atomic E-state index is 0.0168. The summed E-state index contributed by atoms with van der Waals surface area (Å²) in [6.45, 7) is 4.32. The molecule has 0 bridgehead atoms. The average molecular weight is 391 g/mol. The lowest BCUT2D eigenvalue weighted by atomic mass is 9.86. The normalized spacial score (nSPS) is 19.5. The van der Waals surface area contributed by atoms with Crippen LogP contribution in [0.1, 0.15) is 48.5 Å². The van der Waals surface area contributed by atoms with Gasteiger partial charge in [-0.1, -0.05) is 67.4 Å². The number of hydrogen-bond donors (Lipinski definition) is 1. The molecule has 1 aliphatic carbocycles. The van der Waals surface area contributed by atoms with Gasteiger partial charge in [0.1, 0.15) is 5.03 Å². The average Bonchev–Trinajstić information content (AvgIpc) is 2.71. The molecule has 1 aliphatic rings. The Kier molecular flexibility index (Phi) is 5.67. The Balaban J connectivity index is 1.65. The van der Waals surface area contributed by atoms with E-state index in [9.17, 15) is 4.79 Å². The van der Waals surface area contributed by atoms with E-state index in [1.165, 1.54) is 24.8 Å². The van der Waals surface area contributed by atoms with Gasteiger partial charge in [-0.25, -0.2) is 4.98 Å². The molecule has 1 fully saturated rings. The highest BCUT2D eigenvalue weighted by Crippen LogP contribution is 2.30. The van der Waals surface area contributed by atoms with Crippen molar-refractivity contribution in [3.05, 3.63) is 65.7 Å². The lowest BCUT2D eigenvalue weighted by Gasteiger charge is -2.29. The number of carbonyl (C=O) groups is 1. The van der Waals surface area contributed by atoms with Gasteiger partial charge in [-0.15, -0.1) is 0 Å². The second-order valence-electron chi connectivity index (χ2n) is 7.78. The number of pyridine rings is 1. The Morgan fingerprint density at radius 1 is 1.07 bits per heavy atom. The van der Waals surface area contributed by atoms with Gasteiger partial charge in [0.15, 0.2) is 0 Å². The van der Waals surface area contributed by atoms with Gasteiger partial charge in [0.05, 0.1) is 11.1 Å². The van der Waals surface area contributed by atoms with E-state index >= 15 is 0 Å². The number of hydrogen-bond acceptors (Lipinski definition) is 3. The topological polar surface area (TPSA) is 42.0 Å². The molecule has 0 spiro atoms. The Bertz CT molecular complexity index is 984. The van der Waals surface area contributed by atoms with Gasteiger partial charge in [0.25, 0.3) is 5.91 Å². The van der Waals surface area contributed by atoms with Crippen LogP contribution in [-0.2, 0) is 0 Å². The molecule has 0 radical (unpaired) electrons. The van der Waals surface area contributed by atoms with Crippen LogP contribution in [0.25, 0.3) is 10.9 Å². The molecule has 4 rings (SSSR count). The number of fused-ring (bicyclic) bond motifs is 1. The molecule has 1 N–H and O–H groups in total. The van der Waals surface area contributed by atoms with Crippen LogP contribution in [0, 0.1) is 12.8 Å². The summed E-state index contributed by atoms with van der Waals surface area (Å²) in [5, 5.41) is 5.06. The zero-order valence-electron chi connectivity index (χ0n) is 16.4. The van der Waals surface area contributed by atoms with Crippen LogP contribution in [0.15, 0.2) is 64.5 Å². The largest absolute Gasteiger partial charge is 0.349 e. The molecule has 144 valence electrons. The highest BCUT2D eigenvalue weighted by atomic mass is 32.2. The van der Waals surface area contributed by atoms with Crippen LogP contribution in [0.5, 0.6) is 0 Å². The van der Waals surface area contributed by atoms with Crippen LogP contribution in [0.4, 0.5) is 0 Å². The number of benzene rings is 2. The third-order valence-electron chi connectivity index (χ3n) is 5.61. The van der Waals surface area contributed by atoms with Crippen LogP contribution < -0.4 is 5.32 Å². The monoisotopic (exact) mass is 390 g/mol. The first-order valence-corrected chi connectivity index (χ1v) is 10.9. The number of aromatic nitrogens is 1. The number of nitrogens with one attached hydrogen (secondary N) is 1. The third-order valence-corrected chi connectivity index (χ3v) is 6.53. The van der Waals surface area contributed by atoms with Crippen molar-refractivity contribution in [2.75, 3.05) is 0 Å². The molecule has 0 saturated heterocycles. The Morgan fingerprint density at radius 2 is 1.82 bits per heavy atom. The second kappa shape index (κ2) is 8.36. The number of nitrogens with zero attached hydrogens (tertiary/aromatic N) is 1. The molecule has 3 aromatic rings. The molecule has 0 aliphatic heterocycles. The van der Waals surface area contributed by atoms with Gasteiger partial charge < -0.3 is 5.32 Å². The molecule has 4 heteroatoms. The van der Waals surface area contributed by atoms with E-state index in [1.54, 1.807) is 11.8 Å². The van der Waals surface area contributed by atoms with Crippen LogP contribution in [0.2, 0.25) is 0 Å². The van der Waals surface area contributed by atoms with Crippen molar-refractivity contribution in [2.45, 2.75) is 55.5 Å². The molecule has 0 unspecified atom stereocenters. The van der Waals surface area contributed by atoms with Gasteiger partial charge in [0.2, 0.25) is 0 Å². The first-order chi connectivity index (χ1) is 13.6. The number of para-hydroxylation sites is 1. The van der Waals surface area contributed by atoms with Gasteiger partial charge in [-0.05, 0) is 49.9 Å². The zero-order chi connectivity index (χ0) is 19.5. The highest BCUT2D eigenvalue weighted by Gasteiger charge is 2.24. The van der Waals surface area contributed by atoms with Crippen molar-refractivity contribution in [3.63, 3.8) is 0 Å². The third kappa shape index (κ3) is 4.22. The maximum absolute atomic E-state index is 13.2. The molecule has 2 aromatic carbocycles. The maximum Gasteiger partial charge on any atom is 0.252 e. The maximum atomic E-state index is 13.2. The summed E-state index contributed by atoms with van der Waals surface area (Å²) in [4.78, 5) is 19.1. The van der Waals surface area contributed by atoms with Crippen molar-refractivity contribution in [1.29, 1.82) is 0 Å². The predicted molar refractivity (Wildman–Crippen MR) is 116 cm³/mol. The predicted octanol–water partition coefficient (Wildman–Crippen LogP) is 6.00. The van der Waals surface area contributed by atoms with E-state index in [0.29, 0.717) is 5.92 Å². The quantitative estimate of drug-likeness (QED) is 0.594. The van der Waals surface area contributed by atoms with Gasteiger partial charge in [0, 0.05) is 16.3 Å². The molecule has 3 nitrogen and oxygen atoms in total. The van der Waals surface area contributed by atoms with Gasteiger partial charge in [-0.3, -0.25) is 4.79 Å². The summed E-state index contributed by atoms with van der Waals surface area (Å²) >= 11 is 1.60. The Hall–Kier alpha value is -2.33. The lowest BCUT2D eigenvalue weighted by molar-refractivity contribution is 0.0911. The van der Waals surface area contributed by atoms with Gasteiger partial charge >= 0.3 is 0 Å². The minimum absolute atomic E-state index is 0.0168. The summed E-state index contributed by atoms with van der Waals surface area (Å²) in [7, 11) is 0. The number of carbonyl (C=O) groups excluding carboxylic acids is 1. The fourth-order valence-electron chi connectivity index (χ4n) is 3.90. The van der Waals surface area contributed by atoms with E-state index in [0.717, 1.165) is 32.8 Å². The van der Waals surface area contributed by atoms with Crippen molar-refractivity contribution >= 4 is 28.6 Å². The fourth-order valence-corrected chi connectivity index (χ4v) is 4.73. The summed E-state index contributed by atoms with van der Waals surface area (Å²) in [5.74, 6) is 0.551. The van der Waals surface area contributed by atoms with E-state index in [2.05, 4.69) is 43.4 Å². The fraction of sp³-hybridized carbons (Fsp3) is 0.333. The summed E-state index contributed by atoms with van der Waals surface area (Å²) < 4.78 is 0. The molecule has 2 atom stereocenters. The van der Waals surface area contributed by atoms with E-state index < -0.39 is 0 Å². The van der Waals surface area contributed by atoms with E-state index in [-0.39, 0.29) is 11.9 Å². The first-order valence-electron chi connectivity index (χ1n) is 10.1. The highest BCUT2D eigenvalue weighted by molar-refractivity contribution is 7.99. The van der Waals surface area contributed by atoms with E-state index in [1.807, 2.05) is 30.3 Å². The van der Waals surface area contributed by atoms with Gasteiger partial charge in [-0.2, -0.15) is 0 Å². The first kappa shape index (κ1) is 19.0. The summed E-state index contributed by atoms with van der Waals surface area (Å²) in [6, 6.07) is 18.5. The van der Waals surface area contributed by atoms with Crippen LogP contribution in [0.3, 0.4) is 0 Å². The molecule has 1 saturated carbocycles. The summed E-state index contributed by atoms with van der Waals surface area (Å²) in [5.41, 5.74) is 2.82. The van der Waals surface area contributed by atoms with Crippen LogP contribution in [-0.4, -0.2) is 16.9 Å². The Labute approximate surface area is 171 Å². The number of aryl methyl sites for hydroxylation is 1.